The number of halogens is 1. The van der Waals surface area contributed by atoms with Gasteiger partial charge in [0, 0.05) is 5.69 Å². The maximum Gasteiger partial charge on any atom is 0.122 e. The molecular formula is C12H10ClN2O3S3-. The molecule has 0 bridgehead atoms. The molecule has 5 nitrogen and oxygen atoms in total. The van der Waals surface area contributed by atoms with E-state index in [1.165, 1.54) is 0 Å². The van der Waals surface area contributed by atoms with Crippen molar-refractivity contribution in [2.75, 3.05) is 5.32 Å². The van der Waals surface area contributed by atoms with E-state index in [1.54, 1.807) is 18.4 Å². The molecule has 0 aliphatic carbocycles. The van der Waals surface area contributed by atoms with Crippen molar-refractivity contribution in [1.29, 1.82) is 0 Å². The summed E-state index contributed by atoms with van der Waals surface area (Å²) in [7, 11) is 0. The van der Waals surface area contributed by atoms with Crippen LogP contribution in [0.3, 0.4) is 0 Å². The van der Waals surface area contributed by atoms with Crippen LogP contribution in [-0.4, -0.2) is 4.20 Å². The number of anilines is 1. The predicted molar refractivity (Wildman–Crippen MR) is 88.8 cm³/mol. The van der Waals surface area contributed by atoms with Crippen LogP contribution in [0, 0.1) is 0 Å². The molecule has 112 valence electrons. The van der Waals surface area contributed by atoms with E-state index < -0.39 is 0 Å². The van der Waals surface area contributed by atoms with Gasteiger partial charge in [-0.1, -0.05) is 11.6 Å². The topological polar surface area (TPSA) is 69.7 Å². The number of thiocarbonyl (C=S) groups is 1. The van der Waals surface area contributed by atoms with E-state index in [0.717, 1.165) is 23.5 Å². The third-order valence-electron chi connectivity index (χ3n) is 2.49. The molecule has 0 spiro atoms. The fourth-order valence-corrected chi connectivity index (χ4v) is 2.60. The lowest BCUT2D eigenvalue weighted by atomic mass is 10.2. The number of hydrogen-bond acceptors (Lipinski definition) is 8. The Morgan fingerprint density at radius 3 is 2.95 bits per heavy atom. The first-order valence-corrected chi connectivity index (χ1v) is 7.56. The van der Waals surface area contributed by atoms with Crippen molar-refractivity contribution in [3.05, 3.63) is 46.9 Å². The van der Waals surface area contributed by atoms with Crippen molar-refractivity contribution in [2.24, 2.45) is 5.90 Å². The molecule has 0 radical (unpaired) electrons. The Bertz CT molecular complexity index is 622. The lowest BCUT2D eigenvalue weighted by Gasteiger charge is -2.16. The summed E-state index contributed by atoms with van der Waals surface area (Å²) in [6.45, 7) is 0.489. The second-order valence-electron chi connectivity index (χ2n) is 3.80. The van der Waals surface area contributed by atoms with Crippen molar-refractivity contribution in [3.63, 3.8) is 0 Å². The van der Waals surface area contributed by atoms with Gasteiger partial charge in [0.05, 0.1) is 34.8 Å². The highest BCUT2D eigenvalue weighted by atomic mass is 35.5. The van der Waals surface area contributed by atoms with Gasteiger partial charge in [0.15, 0.2) is 0 Å². The van der Waals surface area contributed by atoms with E-state index in [9.17, 15) is 0 Å². The van der Waals surface area contributed by atoms with Crippen molar-refractivity contribution in [3.8, 4) is 0 Å². The summed E-state index contributed by atoms with van der Waals surface area (Å²) in [5, 5.41) is 3.64. The Morgan fingerprint density at radius 2 is 2.33 bits per heavy atom. The van der Waals surface area contributed by atoms with Gasteiger partial charge in [-0.3, -0.25) is 0 Å². The van der Waals surface area contributed by atoms with Gasteiger partial charge in [0.25, 0.3) is 0 Å². The first-order valence-electron chi connectivity index (χ1n) is 5.63. The zero-order chi connectivity index (χ0) is 15.2. The van der Waals surface area contributed by atoms with Crippen LogP contribution < -0.4 is 11.2 Å². The van der Waals surface area contributed by atoms with Gasteiger partial charge >= 0.3 is 0 Å². The number of furan rings is 1. The van der Waals surface area contributed by atoms with Crippen LogP contribution in [0.4, 0.5) is 5.69 Å². The number of benzene rings is 1. The van der Waals surface area contributed by atoms with Crippen molar-refractivity contribution in [1.82, 2.24) is 0 Å². The molecule has 0 fully saturated rings. The smallest absolute Gasteiger partial charge is 0.122 e. The zero-order valence-corrected chi connectivity index (χ0v) is 13.7. The fraction of sp³-hybridized carbons (Fsp3) is 0.0833. The third kappa shape index (κ3) is 4.55. The molecular weight excluding hydrogens is 352 g/mol. The summed E-state index contributed by atoms with van der Waals surface area (Å²) in [4.78, 5) is 4.64. The first kappa shape index (κ1) is 16.5. The predicted octanol–water partition coefficient (Wildman–Crippen LogP) is 3.60. The van der Waals surface area contributed by atoms with Crippen LogP contribution in [0.1, 0.15) is 11.3 Å². The highest BCUT2D eigenvalue weighted by Gasteiger charge is 2.10. The number of nitrogens with one attached hydrogen (secondary N) is 1. The Morgan fingerprint density at radius 1 is 1.52 bits per heavy atom. The molecule has 0 atom stereocenters. The lowest BCUT2D eigenvalue weighted by Crippen LogP contribution is -2.05. The highest BCUT2D eigenvalue weighted by molar-refractivity contribution is 8.01. The molecule has 9 heteroatoms. The molecule has 0 saturated heterocycles. The summed E-state index contributed by atoms with van der Waals surface area (Å²) >= 11 is 17.2. The Kier molecular flexibility index (Phi) is 6.24. The second kappa shape index (κ2) is 7.95. The van der Waals surface area contributed by atoms with Crippen LogP contribution in [0.2, 0.25) is 5.02 Å². The molecule has 1 heterocycles. The van der Waals surface area contributed by atoms with Gasteiger partial charge in [-0.25, -0.2) is 0 Å². The minimum atomic E-state index is 0.309. The maximum atomic E-state index is 6.16. The van der Waals surface area contributed by atoms with Gasteiger partial charge in [0.1, 0.15) is 5.76 Å². The second-order valence-corrected chi connectivity index (χ2v) is 6.02. The normalized spacial score (nSPS) is 10.6. The summed E-state index contributed by atoms with van der Waals surface area (Å²) < 4.78 is 10.2. The summed E-state index contributed by atoms with van der Waals surface area (Å²) in [5.74, 6) is 5.58. The van der Waals surface area contributed by atoms with Crippen molar-refractivity contribution >= 4 is 58.4 Å². The largest absolute Gasteiger partial charge is 0.467 e. The average Bonchev–Trinajstić information content (AvgIpc) is 2.97. The van der Waals surface area contributed by atoms with E-state index in [4.69, 9.17) is 46.8 Å². The highest BCUT2D eigenvalue weighted by Crippen LogP contribution is 2.33. The zero-order valence-electron chi connectivity index (χ0n) is 10.5. The van der Waals surface area contributed by atoms with E-state index in [2.05, 4.69) is 14.6 Å². The van der Waals surface area contributed by atoms with Gasteiger partial charge in [-0.15, -0.1) is 13.5 Å². The SMILES string of the molecule is NOOSc1cc(C(=S)[S-])c(NCc2ccco2)cc1Cl. The monoisotopic (exact) mass is 361 g/mol. The molecule has 2 rings (SSSR count). The summed E-state index contributed by atoms with van der Waals surface area (Å²) in [6.07, 6.45) is 1.60. The van der Waals surface area contributed by atoms with Gasteiger partial charge in [-0.05, 0) is 29.8 Å². The van der Waals surface area contributed by atoms with E-state index in [1.807, 2.05) is 12.1 Å². The molecule has 0 amide bonds. The van der Waals surface area contributed by atoms with Crippen LogP contribution in [0.25, 0.3) is 0 Å². The molecule has 0 saturated carbocycles. The average molecular weight is 362 g/mol. The van der Waals surface area contributed by atoms with Crippen LogP contribution in [0.15, 0.2) is 39.8 Å². The molecule has 2 aromatic rings. The molecule has 21 heavy (non-hydrogen) atoms. The van der Waals surface area contributed by atoms with E-state index in [-0.39, 0.29) is 0 Å². The quantitative estimate of drug-likeness (QED) is 0.255. The van der Waals surface area contributed by atoms with E-state index in [0.29, 0.717) is 26.2 Å². The van der Waals surface area contributed by atoms with Gasteiger partial charge < -0.3 is 34.6 Å². The molecule has 3 N–H and O–H groups in total. The Hall–Kier alpha value is -0.870. The minimum absolute atomic E-state index is 0.309. The molecule has 0 unspecified atom stereocenters. The maximum absolute atomic E-state index is 6.16. The number of hydrogen-bond donors (Lipinski definition) is 2. The fourth-order valence-electron chi connectivity index (χ4n) is 1.58. The Labute approximate surface area is 141 Å². The lowest BCUT2D eigenvalue weighted by molar-refractivity contribution is -0.195. The third-order valence-corrected chi connectivity index (χ3v) is 4.02. The summed E-state index contributed by atoms with van der Waals surface area (Å²) in [6, 6.07) is 7.09. The molecule has 0 aliphatic rings. The van der Waals surface area contributed by atoms with Crippen LogP contribution in [0.5, 0.6) is 0 Å². The van der Waals surface area contributed by atoms with E-state index >= 15 is 0 Å². The van der Waals surface area contributed by atoms with Crippen LogP contribution >= 0.6 is 35.9 Å². The molecule has 1 aromatic heterocycles. The first-order chi connectivity index (χ1) is 10.1. The standard InChI is InChI=1S/C12H11ClN2O3S3/c13-9-5-10(15-6-7-2-1-3-16-7)8(12(19)20)4-11(9)21-18-17-14/h1-5,15H,6,14H2,(H,19,20)/p-1. The molecule has 0 aliphatic heterocycles. The van der Waals surface area contributed by atoms with Gasteiger partial charge in [-0.2, -0.15) is 5.90 Å². The molecule has 1 aromatic carbocycles. The van der Waals surface area contributed by atoms with Gasteiger partial charge in [0.2, 0.25) is 0 Å². The van der Waals surface area contributed by atoms with Crippen molar-refractivity contribution in [2.45, 2.75) is 11.4 Å². The van der Waals surface area contributed by atoms with Crippen LogP contribution in [-0.2, 0) is 28.5 Å². The van der Waals surface area contributed by atoms with Crippen molar-refractivity contribution < 1.29 is 13.7 Å². The minimum Gasteiger partial charge on any atom is -0.467 e. The summed E-state index contributed by atoms with van der Waals surface area (Å²) in [5.41, 5.74) is 1.38. The number of rotatable bonds is 7. The number of nitrogens with two attached hydrogens (primary N) is 1. The Balaban J connectivity index is 2.22.